The zero-order valence-electron chi connectivity index (χ0n) is 11.9. The summed E-state index contributed by atoms with van der Waals surface area (Å²) in [7, 11) is 5.97. The largest absolute Gasteiger partial charge is 0.380 e. The van der Waals surface area contributed by atoms with E-state index in [-0.39, 0.29) is 0 Å². The molecule has 1 aromatic rings. The average molecular weight is 250 g/mol. The van der Waals surface area contributed by atoms with Gasteiger partial charge in [0.25, 0.3) is 0 Å². The van der Waals surface area contributed by atoms with E-state index in [1.54, 1.807) is 7.11 Å². The van der Waals surface area contributed by atoms with Crippen LogP contribution in [0.1, 0.15) is 24.0 Å². The first kappa shape index (κ1) is 15.2. The summed E-state index contributed by atoms with van der Waals surface area (Å²) in [5.41, 5.74) is 2.57. The Morgan fingerprint density at radius 2 is 1.94 bits per heavy atom. The highest BCUT2D eigenvalue weighted by molar-refractivity contribution is 5.22. The van der Waals surface area contributed by atoms with Gasteiger partial charge < -0.3 is 15.0 Å². The van der Waals surface area contributed by atoms with Gasteiger partial charge in [0.05, 0.1) is 6.61 Å². The van der Waals surface area contributed by atoms with Crippen molar-refractivity contribution in [3.05, 3.63) is 35.4 Å². The highest BCUT2D eigenvalue weighted by Crippen LogP contribution is 2.06. The fraction of sp³-hybridized carbons (Fsp3) is 0.600. The van der Waals surface area contributed by atoms with Crippen LogP contribution in [0, 0.1) is 0 Å². The Morgan fingerprint density at radius 3 is 2.67 bits per heavy atom. The summed E-state index contributed by atoms with van der Waals surface area (Å²) < 4.78 is 5.14. The molecule has 0 amide bonds. The van der Waals surface area contributed by atoms with E-state index in [0.717, 1.165) is 13.1 Å². The molecule has 102 valence electrons. The SMILES string of the molecule is COCc1cccc(CNCCCCN(C)C)c1. The molecular weight excluding hydrogens is 224 g/mol. The lowest BCUT2D eigenvalue weighted by Gasteiger charge is -2.10. The van der Waals surface area contributed by atoms with E-state index in [2.05, 4.69) is 48.6 Å². The second-order valence-electron chi connectivity index (χ2n) is 4.94. The second kappa shape index (κ2) is 9.09. The molecule has 0 radical (unpaired) electrons. The van der Waals surface area contributed by atoms with Crippen molar-refractivity contribution < 1.29 is 4.74 Å². The van der Waals surface area contributed by atoms with Crippen LogP contribution in [0.15, 0.2) is 24.3 Å². The Labute approximate surface area is 111 Å². The topological polar surface area (TPSA) is 24.5 Å². The smallest absolute Gasteiger partial charge is 0.0713 e. The minimum absolute atomic E-state index is 0.691. The van der Waals surface area contributed by atoms with Gasteiger partial charge in [0.2, 0.25) is 0 Å². The van der Waals surface area contributed by atoms with Crippen LogP contribution in [0.25, 0.3) is 0 Å². The highest BCUT2D eigenvalue weighted by Gasteiger charge is 1.96. The molecule has 0 aromatic heterocycles. The highest BCUT2D eigenvalue weighted by atomic mass is 16.5. The van der Waals surface area contributed by atoms with Gasteiger partial charge in [0, 0.05) is 13.7 Å². The number of ether oxygens (including phenoxy) is 1. The summed E-state index contributed by atoms with van der Waals surface area (Å²) in [6.07, 6.45) is 2.49. The van der Waals surface area contributed by atoms with Gasteiger partial charge in [-0.05, 0) is 51.2 Å². The molecule has 3 nitrogen and oxygen atoms in total. The van der Waals surface area contributed by atoms with E-state index >= 15 is 0 Å². The number of nitrogens with zero attached hydrogens (tertiary/aromatic N) is 1. The molecule has 0 saturated carbocycles. The van der Waals surface area contributed by atoms with E-state index in [4.69, 9.17) is 4.74 Å². The molecule has 0 bridgehead atoms. The molecule has 18 heavy (non-hydrogen) atoms. The summed E-state index contributed by atoms with van der Waals surface area (Å²) in [4.78, 5) is 2.23. The molecular formula is C15H26N2O. The van der Waals surface area contributed by atoms with E-state index in [9.17, 15) is 0 Å². The molecule has 0 aliphatic heterocycles. The van der Waals surface area contributed by atoms with Crippen LogP contribution in [0.3, 0.4) is 0 Å². The average Bonchev–Trinajstić information content (AvgIpc) is 2.34. The predicted molar refractivity (Wildman–Crippen MR) is 76.6 cm³/mol. The number of hydrogen-bond acceptors (Lipinski definition) is 3. The fourth-order valence-electron chi connectivity index (χ4n) is 1.91. The molecule has 0 heterocycles. The number of nitrogens with one attached hydrogen (secondary N) is 1. The Balaban J connectivity index is 2.16. The van der Waals surface area contributed by atoms with E-state index in [1.807, 2.05) is 0 Å². The summed E-state index contributed by atoms with van der Waals surface area (Å²) in [6.45, 7) is 3.89. The number of hydrogen-bond donors (Lipinski definition) is 1. The van der Waals surface area contributed by atoms with E-state index < -0.39 is 0 Å². The van der Waals surface area contributed by atoms with Crippen molar-refractivity contribution in [1.29, 1.82) is 0 Å². The van der Waals surface area contributed by atoms with Crippen molar-refractivity contribution in [2.45, 2.75) is 26.0 Å². The maximum Gasteiger partial charge on any atom is 0.0713 e. The monoisotopic (exact) mass is 250 g/mol. The van der Waals surface area contributed by atoms with Gasteiger partial charge in [0.1, 0.15) is 0 Å². The molecule has 0 aliphatic carbocycles. The second-order valence-corrected chi connectivity index (χ2v) is 4.94. The first-order chi connectivity index (χ1) is 8.72. The normalized spacial score (nSPS) is 11.1. The fourth-order valence-corrected chi connectivity index (χ4v) is 1.91. The molecule has 0 spiro atoms. The lowest BCUT2D eigenvalue weighted by molar-refractivity contribution is 0.185. The van der Waals surface area contributed by atoms with E-state index in [1.165, 1.54) is 30.5 Å². The first-order valence-electron chi connectivity index (χ1n) is 6.64. The number of benzene rings is 1. The Hall–Kier alpha value is -0.900. The van der Waals surface area contributed by atoms with Crippen LogP contribution in [0.2, 0.25) is 0 Å². The quantitative estimate of drug-likeness (QED) is 0.680. The van der Waals surface area contributed by atoms with Crippen molar-refractivity contribution >= 4 is 0 Å². The minimum Gasteiger partial charge on any atom is -0.380 e. The van der Waals surface area contributed by atoms with Gasteiger partial charge in [-0.1, -0.05) is 24.3 Å². The van der Waals surface area contributed by atoms with Gasteiger partial charge in [-0.2, -0.15) is 0 Å². The van der Waals surface area contributed by atoms with Crippen LogP contribution >= 0.6 is 0 Å². The lowest BCUT2D eigenvalue weighted by Crippen LogP contribution is -2.18. The zero-order chi connectivity index (χ0) is 13.2. The van der Waals surface area contributed by atoms with Crippen LogP contribution in [-0.4, -0.2) is 39.2 Å². The number of rotatable bonds is 9. The number of methoxy groups -OCH3 is 1. The molecule has 1 aromatic carbocycles. The van der Waals surface area contributed by atoms with Crippen LogP contribution in [-0.2, 0) is 17.9 Å². The van der Waals surface area contributed by atoms with Crippen LogP contribution in [0.4, 0.5) is 0 Å². The third kappa shape index (κ3) is 6.74. The summed E-state index contributed by atoms with van der Waals surface area (Å²) in [6, 6.07) is 8.56. The van der Waals surface area contributed by atoms with Crippen LogP contribution in [0.5, 0.6) is 0 Å². The molecule has 1 rings (SSSR count). The lowest BCUT2D eigenvalue weighted by atomic mass is 10.1. The maximum atomic E-state index is 5.14. The summed E-state index contributed by atoms with van der Waals surface area (Å²) >= 11 is 0. The first-order valence-corrected chi connectivity index (χ1v) is 6.64. The summed E-state index contributed by atoms with van der Waals surface area (Å²) in [5, 5.41) is 3.49. The van der Waals surface area contributed by atoms with Crippen molar-refractivity contribution in [3.8, 4) is 0 Å². The van der Waals surface area contributed by atoms with Crippen molar-refractivity contribution in [1.82, 2.24) is 10.2 Å². The molecule has 0 aliphatic rings. The van der Waals surface area contributed by atoms with E-state index in [0.29, 0.717) is 6.61 Å². The maximum absolute atomic E-state index is 5.14. The van der Waals surface area contributed by atoms with Crippen molar-refractivity contribution in [2.75, 3.05) is 34.3 Å². The minimum atomic E-state index is 0.691. The molecule has 3 heteroatoms. The summed E-state index contributed by atoms with van der Waals surface area (Å²) in [5.74, 6) is 0. The third-order valence-corrected chi connectivity index (χ3v) is 2.84. The molecule has 0 saturated heterocycles. The van der Waals surface area contributed by atoms with Gasteiger partial charge in [-0.15, -0.1) is 0 Å². The van der Waals surface area contributed by atoms with Gasteiger partial charge in [0.15, 0.2) is 0 Å². The Bertz CT molecular complexity index is 326. The number of unbranched alkanes of at least 4 members (excludes halogenated alkanes) is 1. The van der Waals surface area contributed by atoms with Crippen LogP contribution < -0.4 is 5.32 Å². The van der Waals surface area contributed by atoms with Crippen molar-refractivity contribution in [2.24, 2.45) is 0 Å². The predicted octanol–water partition coefficient (Wildman–Crippen LogP) is 2.26. The third-order valence-electron chi connectivity index (χ3n) is 2.84. The molecule has 0 atom stereocenters. The zero-order valence-corrected chi connectivity index (χ0v) is 11.9. The van der Waals surface area contributed by atoms with Crippen molar-refractivity contribution in [3.63, 3.8) is 0 Å². The Morgan fingerprint density at radius 1 is 1.17 bits per heavy atom. The Kier molecular flexibility index (Phi) is 7.65. The molecule has 0 unspecified atom stereocenters. The van der Waals surface area contributed by atoms with Gasteiger partial charge >= 0.3 is 0 Å². The van der Waals surface area contributed by atoms with Gasteiger partial charge in [-0.3, -0.25) is 0 Å². The molecule has 1 N–H and O–H groups in total. The van der Waals surface area contributed by atoms with Gasteiger partial charge in [-0.25, -0.2) is 0 Å². The molecule has 0 fully saturated rings. The standard InChI is InChI=1S/C15H26N2O/c1-17(2)10-5-4-9-16-12-14-7-6-8-15(11-14)13-18-3/h6-8,11,16H,4-5,9-10,12-13H2,1-3H3.